The SMILES string of the molecule is c1ccc(-c2ccc(N(c3ccc(-c4ccc5ccccc5c4)cc3)c3ccc(-n4c5ccccc5c5ccccc54)cc3)cc2-c2cccc3c2oc2ccccc23)cc1. The normalized spacial score (nSPS) is 11.6. The first-order valence-electron chi connectivity index (χ1n) is 20.8. The molecule has 0 unspecified atom stereocenters. The molecule has 12 rings (SSSR count). The van der Waals surface area contributed by atoms with Crippen LogP contribution in [0.1, 0.15) is 0 Å². The average molecular weight is 779 g/mol. The number of para-hydroxylation sites is 4. The maximum absolute atomic E-state index is 6.67. The third kappa shape index (κ3) is 5.90. The van der Waals surface area contributed by atoms with Crippen molar-refractivity contribution in [2.24, 2.45) is 0 Å². The molecule has 0 amide bonds. The molecule has 3 heteroatoms. The third-order valence-corrected chi connectivity index (χ3v) is 12.2. The van der Waals surface area contributed by atoms with Crippen molar-refractivity contribution in [3.8, 4) is 39.1 Å². The molecule has 0 saturated heterocycles. The molecule has 0 aliphatic heterocycles. The van der Waals surface area contributed by atoms with Gasteiger partial charge in [-0.25, -0.2) is 0 Å². The quantitative estimate of drug-likeness (QED) is 0.161. The number of anilines is 3. The second-order valence-corrected chi connectivity index (χ2v) is 15.7. The lowest BCUT2D eigenvalue weighted by atomic mass is 9.92. The van der Waals surface area contributed by atoms with Crippen molar-refractivity contribution in [3.63, 3.8) is 0 Å². The topological polar surface area (TPSA) is 21.3 Å². The van der Waals surface area contributed by atoms with Crippen molar-refractivity contribution >= 4 is 71.6 Å². The molecule has 0 atom stereocenters. The number of aromatic nitrogens is 1. The van der Waals surface area contributed by atoms with E-state index >= 15 is 0 Å². The summed E-state index contributed by atoms with van der Waals surface area (Å²) in [7, 11) is 0. The molecule has 10 aromatic carbocycles. The lowest BCUT2D eigenvalue weighted by Crippen LogP contribution is -2.10. The zero-order chi connectivity index (χ0) is 40.3. The van der Waals surface area contributed by atoms with E-state index in [9.17, 15) is 0 Å². The van der Waals surface area contributed by atoms with Crippen LogP contribution in [-0.2, 0) is 0 Å². The Morgan fingerprint density at radius 1 is 0.328 bits per heavy atom. The Morgan fingerprint density at radius 2 is 0.918 bits per heavy atom. The lowest BCUT2D eigenvalue weighted by molar-refractivity contribution is 0.670. The van der Waals surface area contributed by atoms with Crippen molar-refractivity contribution in [2.75, 3.05) is 4.90 Å². The van der Waals surface area contributed by atoms with Crippen molar-refractivity contribution in [1.82, 2.24) is 4.57 Å². The molecule has 0 spiro atoms. The Morgan fingerprint density at radius 3 is 1.67 bits per heavy atom. The second-order valence-electron chi connectivity index (χ2n) is 15.7. The first-order valence-corrected chi connectivity index (χ1v) is 20.8. The maximum atomic E-state index is 6.67. The molecular formula is C58H38N2O. The Kier molecular flexibility index (Phi) is 8.17. The van der Waals surface area contributed by atoms with E-state index < -0.39 is 0 Å². The van der Waals surface area contributed by atoms with E-state index in [-0.39, 0.29) is 0 Å². The van der Waals surface area contributed by atoms with E-state index in [1.54, 1.807) is 0 Å². The van der Waals surface area contributed by atoms with Gasteiger partial charge in [0.25, 0.3) is 0 Å². The summed E-state index contributed by atoms with van der Waals surface area (Å²) >= 11 is 0. The molecule has 0 fully saturated rings. The Hall–Kier alpha value is -8.14. The molecule has 286 valence electrons. The van der Waals surface area contributed by atoms with Crippen LogP contribution < -0.4 is 4.90 Å². The van der Waals surface area contributed by atoms with Gasteiger partial charge < -0.3 is 13.9 Å². The molecule has 0 bridgehead atoms. The molecule has 2 heterocycles. The molecule has 0 aliphatic carbocycles. The number of fused-ring (bicyclic) bond motifs is 7. The Labute approximate surface area is 353 Å². The molecule has 12 aromatic rings. The number of hydrogen-bond acceptors (Lipinski definition) is 2. The lowest BCUT2D eigenvalue weighted by Gasteiger charge is -2.27. The van der Waals surface area contributed by atoms with Crippen LogP contribution >= 0.6 is 0 Å². The van der Waals surface area contributed by atoms with Crippen LogP contribution in [0.25, 0.3) is 93.6 Å². The molecule has 3 nitrogen and oxygen atoms in total. The number of nitrogens with zero attached hydrogens (tertiary/aromatic N) is 2. The summed E-state index contributed by atoms with van der Waals surface area (Å²) in [6.45, 7) is 0. The number of benzene rings is 10. The van der Waals surface area contributed by atoms with Gasteiger partial charge in [0.05, 0.1) is 11.0 Å². The van der Waals surface area contributed by atoms with Gasteiger partial charge in [-0.3, -0.25) is 0 Å². The fourth-order valence-electron chi connectivity index (χ4n) is 9.29. The van der Waals surface area contributed by atoms with Crippen LogP contribution in [0.2, 0.25) is 0 Å². The van der Waals surface area contributed by atoms with Gasteiger partial charge in [-0.15, -0.1) is 0 Å². The first kappa shape index (κ1) is 34.9. The van der Waals surface area contributed by atoms with Crippen LogP contribution in [0, 0.1) is 0 Å². The number of rotatable bonds is 7. The van der Waals surface area contributed by atoms with Crippen molar-refractivity contribution in [2.45, 2.75) is 0 Å². The maximum Gasteiger partial charge on any atom is 0.143 e. The average Bonchev–Trinajstić information content (AvgIpc) is 3.88. The minimum Gasteiger partial charge on any atom is -0.455 e. The van der Waals surface area contributed by atoms with E-state index in [1.165, 1.54) is 43.7 Å². The highest BCUT2D eigenvalue weighted by Gasteiger charge is 2.20. The van der Waals surface area contributed by atoms with Gasteiger partial charge >= 0.3 is 0 Å². The van der Waals surface area contributed by atoms with E-state index in [2.05, 4.69) is 234 Å². The number of hydrogen-bond donors (Lipinski definition) is 0. The second kappa shape index (κ2) is 14.3. The minimum atomic E-state index is 0.888. The van der Waals surface area contributed by atoms with Gasteiger partial charge in [0.2, 0.25) is 0 Å². The minimum absolute atomic E-state index is 0.888. The third-order valence-electron chi connectivity index (χ3n) is 12.2. The van der Waals surface area contributed by atoms with Gasteiger partial charge in [0, 0.05) is 49.9 Å². The predicted octanol–water partition coefficient (Wildman–Crippen LogP) is 16.3. The molecular weight excluding hydrogens is 741 g/mol. The van der Waals surface area contributed by atoms with Crippen LogP contribution in [0.3, 0.4) is 0 Å². The Balaban J connectivity index is 1.04. The predicted molar refractivity (Wildman–Crippen MR) is 257 cm³/mol. The molecule has 0 N–H and O–H groups in total. The van der Waals surface area contributed by atoms with Crippen molar-refractivity contribution < 1.29 is 4.42 Å². The summed E-state index contributed by atoms with van der Waals surface area (Å²) in [5.74, 6) is 0. The molecule has 61 heavy (non-hydrogen) atoms. The first-order chi connectivity index (χ1) is 30.2. The summed E-state index contributed by atoms with van der Waals surface area (Å²) in [5, 5.41) is 7.21. The molecule has 0 saturated carbocycles. The highest BCUT2D eigenvalue weighted by molar-refractivity contribution is 6.11. The summed E-state index contributed by atoms with van der Waals surface area (Å²) in [6.07, 6.45) is 0. The smallest absolute Gasteiger partial charge is 0.143 e. The van der Waals surface area contributed by atoms with Crippen LogP contribution in [0.15, 0.2) is 235 Å². The fourth-order valence-corrected chi connectivity index (χ4v) is 9.29. The highest BCUT2D eigenvalue weighted by atomic mass is 16.3. The van der Waals surface area contributed by atoms with Crippen LogP contribution in [-0.4, -0.2) is 4.57 Å². The van der Waals surface area contributed by atoms with Gasteiger partial charge in [0.1, 0.15) is 11.2 Å². The summed E-state index contributed by atoms with van der Waals surface area (Å²) in [4.78, 5) is 2.37. The van der Waals surface area contributed by atoms with Gasteiger partial charge in [0.15, 0.2) is 0 Å². The molecule has 2 aromatic heterocycles. The zero-order valence-electron chi connectivity index (χ0n) is 33.2. The Bertz CT molecular complexity index is 3520. The standard InChI is InChI=1S/C58H38N2O/c1-2-14-41(15-3-1)48-36-35-47(38-54(48)53-21-12-20-52-51-19-8-11-24-57(51)61-58(52)53)59(44-29-27-40(28-30-44)43-26-25-39-13-4-5-16-42(39)37-43)45-31-33-46(34-32-45)60-55-22-9-6-17-49(55)50-18-7-10-23-56(50)60/h1-38H. The fraction of sp³-hybridized carbons (Fsp3) is 0. The monoisotopic (exact) mass is 778 g/mol. The molecule has 0 aliphatic rings. The highest BCUT2D eigenvalue weighted by Crippen LogP contribution is 2.45. The van der Waals surface area contributed by atoms with Gasteiger partial charge in [-0.05, 0) is 111 Å². The van der Waals surface area contributed by atoms with Gasteiger partial charge in [-0.2, -0.15) is 0 Å². The van der Waals surface area contributed by atoms with Crippen molar-refractivity contribution in [3.05, 3.63) is 231 Å². The van der Waals surface area contributed by atoms with E-state index in [0.717, 1.165) is 66.9 Å². The van der Waals surface area contributed by atoms with Crippen molar-refractivity contribution in [1.29, 1.82) is 0 Å². The van der Waals surface area contributed by atoms with Gasteiger partial charge in [-0.1, -0.05) is 158 Å². The van der Waals surface area contributed by atoms with E-state index in [0.29, 0.717) is 0 Å². The summed E-state index contributed by atoms with van der Waals surface area (Å²) < 4.78 is 9.05. The summed E-state index contributed by atoms with van der Waals surface area (Å²) in [5.41, 5.74) is 15.3. The van der Waals surface area contributed by atoms with Crippen LogP contribution in [0.5, 0.6) is 0 Å². The molecule has 0 radical (unpaired) electrons. The zero-order valence-corrected chi connectivity index (χ0v) is 33.2. The number of furan rings is 1. The van der Waals surface area contributed by atoms with E-state index in [4.69, 9.17) is 4.42 Å². The summed E-state index contributed by atoms with van der Waals surface area (Å²) in [6, 6.07) is 82.9. The van der Waals surface area contributed by atoms with E-state index in [1.807, 2.05) is 6.07 Å². The van der Waals surface area contributed by atoms with Crippen LogP contribution in [0.4, 0.5) is 17.1 Å². The largest absolute Gasteiger partial charge is 0.455 e.